The molecule has 0 N–H and O–H groups in total. The van der Waals surface area contributed by atoms with E-state index < -0.39 is 8.56 Å². The van der Waals surface area contributed by atoms with Gasteiger partial charge in [-0.1, -0.05) is 90.1 Å². The second-order valence-corrected chi connectivity index (χ2v) is 16.0. The van der Waals surface area contributed by atoms with E-state index in [1.54, 1.807) is 7.11 Å². The van der Waals surface area contributed by atoms with E-state index in [0.29, 0.717) is 6.61 Å². The van der Waals surface area contributed by atoms with Gasteiger partial charge < -0.3 is 13.6 Å². The van der Waals surface area contributed by atoms with Crippen molar-refractivity contribution < 1.29 is 13.6 Å². The van der Waals surface area contributed by atoms with Crippen LogP contribution < -0.4 is 8.85 Å². The standard InChI is InChI=1S/C30H34O3Si/c1-29(2,3)34(30(4,5)6)32-25-16-14-21-10-8-9-11-23(21)27(25)28-24-18-20(19-31-7)12-13-22(24)15-17-26(28)33-34/h8-18H,19H2,1-7H3. The monoisotopic (exact) mass is 470 g/mol. The first-order chi connectivity index (χ1) is 16.1. The smallest absolute Gasteiger partial charge is 0.471 e. The fraction of sp³-hybridized carbons (Fsp3) is 0.333. The molecule has 0 amide bonds. The van der Waals surface area contributed by atoms with Crippen LogP contribution in [0, 0.1) is 0 Å². The van der Waals surface area contributed by atoms with Gasteiger partial charge in [0, 0.05) is 28.3 Å². The predicted octanol–water partition coefficient (Wildman–Crippen LogP) is 8.62. The number of hydrogen-bond acceptors (Lipinski definition) is 3. The molecule has 34 heavy (non-hydrogen) atoms. The number of benzene rings is 4. The van der Waals surface area contributed by atoms with Gasteiger partial charge in [0.1, 0.15) is 11.5 Å². The maximum absolute atomic E-state index is 7.20. The summed E-state index contributed by atoms with van der Waals surface area (Å²) in [6.45, 7) is 14.1. The Balaban J connectivity index is 1.95. The van der Waals surface area contributed by atoms with E-state index >= 15 is 0 Å². The Morgan fingerprint density at radius 2 is 1.21 bits per heavy atom. The normalized spacial score (nSPS) is 15.3. The molecule has 176 valence electrons. The Morgan fingerprint density at radius 1 is 0.676 bits per heavy atom. The van der Waals surface area contributed by atoms with Crippen molar-refractivity contribution >= 4 is 30.1 Å². The fourth-order valence-electron chi connectivity index (χ4n) is 5.61. The molecule has 0 aliphatic carbocycles. The van der Waals surface area contributed by atoms with Crippen LogP contribution in [0.15, 0.2) is 66.7 Å². The van der Waals surface area contributed by atoms with Crippen LogP contribution >= 0.6 is 0 Å². The molecule has 0 radical (unpaired) electrons. The van der Waals surface area contributed by atoms with Gasteiger partial charge in [-0.05, 0) is 45.3 Å². The van der Waals surface area contributed by atoms with Gasteiger partial charge in [0.25, 0.3) is 0 Å². The third-order valence-corrected chi connectivity index (χ3v) is 11.9. The predicted molar refractivity (Wildman–Crippen MR) is 144 cm³/mol. The minimum Gasteiger partial charge on any atom is -0.511 e. The molecule has 0 atom stereocenters. The zero-order valence-corrected chi connectivity index (χ0v) is 22.3. The van der Waals surface area contributed by atoms with Crippen LogP contribution in [0.4, 0.5) is 0 Å². The molecule has 4 aromatic rings. The molecule has 4 aromatic carbocycles. The molecule has 0 bridgehead atoms. The summed E-state index contributed by atoms with van der Waals surface area (Å²) >= 11 is 0. The average Bonchev–Trinajstić information content (AvgIpc) is 2.94. The molecule has 0 unspecified atom stereocenters. The van der Waals surface area contributed by atoms with E-state index in [0.717, 1.165) is 28.2 Å². The van der Waals surface area contributed by atoms with Gasteiger partial charge in [-0.15, -0.1) is 0 Å². The van der Waals surface area contributed by atoms with Crippen LogP contribution in [0.3, 0.4) is 0 Å². The summed E-state index contributed by atoms with van der Waals surface area (Å²) in [6.07, 6.45) is 0. The highest BCUT2D eigenvalue weighted by Crippen LogP contribution is 2.58. The van der Waals surface area contributed by atoms with Crippen LogP contribution in [-0.2, 0) is 11.3 Å². The van der Waals surface area contributed by atoms with Crippen LogP contribution in [0.1, 0.15) is 47.1 Å². The maximum Gasteiger partial charge on any atom is 0.471 e. The second-order valence-electron chi connectivity index (χ2n) is 11.4. The molecule has 0 spiro atoms. The summed E-state index contributed by atoms with van der Waals surface area (Å²) in [5, 5.41) is 4.40. The van der Waals surface area contributed by atoms with Crippen molar-refractivity contribution in [2.75, 3.05) is 7.11 Å². The Bertz CT molecular complexity index is 1380. The number of rotatable bonds is 2. The summed E-state index contributed by atoms with van der Waals surface area (Å²) < 4.78 is 19.8. The van der Waals surface area contributed by atoms with Gasteiger partial charge >= 0.3 is 8.56 Å². The number of ether oxygens (including phenoxy) is 1. The quantitative estimate of drug-likeness (QED) is 0.274. The molecule has 0 saturated heterocycles. The molecule has 1 aliphatic rings. The Kier molecular flexibility index (Phi) is 5.30. The minimum absolute atomic E-state index is 0.164. The lowest BCUT2D eigenvalue weighted by molar-refractivity contribution is 0.185. The maximum atomic E-state index is 7.20. The molecule has 3 nitrogen and oxygen atoms in total. The summed E-state index contributed by atoms with van der Waals surface area (Å²) in [5.41, 5.74) is 3.38. The molecule has 0 saturated carbocycles. The van der Waals surface area contributed by atoms with Crippen LogP contribution in [0.2, 0.25) is 10.1 Å². The molecule has 0 fully saturated rings. The number of methoxy groups -OCH3 is 1. The van der Waals surface area contributed by atoms with E-state index in [1.807, 2.05) is 0 Å². The number of hydrogen-bond donors (Lipinski definition) is 0. The summed E-state index contributed by atoms with van der Waals surface area (Å²) in [7, 11) is -1.13. The molecule has 0 aromatic heterocycles. The first-order valence-corrected chi connectivity index (χ1v) is 13.8. The van der Waals surface area contributed by atoms with E-state index in [-0.39, 0.29) is 10.1 Å². The molecular formula is C30H34O3Si. The van der Waals surface area contributed by atoms with Crippen molar-refractivity contribution in [1.82, 2.24) is 0 Å². The first kappa shape index (κ1) is 22.9. The van der Waals surface area contributed by atoms with Gasteiger partial charge in [0.05, 0.1) is 6.61 Å². The van der Waals surface area contributed by atoms with Crippen molar-refractivity contribution in [3.05, 3.63) is 72.3 Å². The van der Waals surface area contributed by atoms with E-state index in [9.17, 15) is 0 Å². The van der Waals surface area contributed by atoms with Crippen LogP contribution in [0.5, 0.6) is 11.5 Å². The van der Waals surface area contributed by atoms with E-state index in [1.165, 1.54) is 21.5 Å². The average molecular weight is 471 g/mol. The zero-order valence-electron chi connectivity index (χ0n) is 21.3. The summed E-state index contributed by atoms with van der Waals surface area (Å²) in [4.78, 5) is 0. The van der Waals surface area contributed by atoms with Crippen molar-refractivity contribution in [3.63, 3.8) is 0 Å². The van der Waals surface area contributed by atoms with E-state index in [2.05, 4.69) is 108 Å². The lowest BCUT2D eigenvalue weighted by Gasteiger charge is -2.47. The highest BCUT2D eigenvalue weighted by Gasteiger charge is 2.63. The molecule has 1 aliphatic heterocycles. The first-order valence-electron chi connectivity index (χ1n) is 12.0. The van der Waals surface area contributed by atoms with Crippen molar-refractivity contribution in [1.29, 1.82) is 0 Å². The van der Waals surface area contributed by atoms with Gasteiger partial charge in [0.2, 0.25) is 0 Å². The van der Waals surface area contributed by atoms with Crippen molar-refractivity contribution in [2.24, 2.45) is 0 Å². The minimum atomic E-state index is -2.87. The highest BCUT2D eigenvalue weighted by molar-refractivity contribution is 6.75. The van der Waals surface area contributed by atoms with Gasteiger partial charge in [-0.25, -0.2) is 0 Å². The number of fused-ring (bicyclic) bond motifs is 7. The topological polar surface area (TPSA) is 27.7 Å². The SMILES string of the molecule is COCc1ccc2ccc3c(c2c1)-c1c(ccc2ccccc12)O[Si](C(C)(C)C)(C(C)(C)C)O3. The molecule has 4 heteroatoms. The Hall–Kier alpha value is -2.82. The van der Waals surface area contributed by atoms with Gasteiger partial charge in [-0.2, -0.15) is 0 Å². The van der Waals surface area contributed by atoms with Crippen molar-refractivity contribution in [3.8, 4) is 22.6 Å². The largest absolute Gasteiger partial charge is 0.511 e. The molecule has 5 rings (SSSR count). The summed E-state index contributed by atoms with van der Waals surface area (Å²) in [5.74, 6) is 1.83. The molecule has 1 heterocycles. The second kappa shape index (κ2) is 7.86. The van der Waals surface area contributed by atoms with Crippen LogP contribution in [0.25, 0.3) is 32.7 Å². The fourth-order valence-corrected chi connectivity index (χ4v) is 10.1. The zero-order chi connectivity index (χ0) is 24.3. The lowest BCUT2D eigenvalue weighted by Crippen LogP contribution is -2.62. The van der Waals surface area contributed by atoms with Crippen LogP contribution in [-0.4, -0.2) is 15.7 Å². The summed E-state index contributed by atoms with van der Waals surface area (Å²) in [6, 6.07) is 23.8. The third-order valence-electron chi connectivity index (χ3n) is 6.98. The lowest BCUT2D eigenvalue weighted by atomic mass is 9.91. The Morgan fingerprint density at radius 3 is 1.79 bits per heavy atom. The highest BCUT2D eigenvalue weighted by atomic mass is 28.4. The van der Waals surface area contributed by atoms with Crippen molar-refractivity contribution in [2.45, 2.75) is 58.2 Å². The Labute approximate surface area is 203 Å². The molecular weight excluding hydrogens is 436 g/mol. The van der Waals surface area contributed by atoms with Gasteiger partial charge in [-0.3, -0.25) is 0 Å². The third kappa shape index (κ3) is 3.43. The van der Waals surface area contributed by atoms with Gasteiger partial charge in [0.15, 0.2) is 0 Å². The van der Waals surface area contributed by atoms with E-state index in [4.69, 9.17) is 13.6 Å².